The van der Waals surface area contributed by atoms with Crippen LogP contribution >= 0.6 is 0 Å². The lowest BCUT2D eigenvalue weighted by Crippen LogP contribution is -2.33. The molecule has 0 aliphatic carbocycles. The molecule has 1 saturated heterocycles. The van der Waals surface area contributed by atoms with Crippen LogP contribution in [0.2, 0.25) is 0 Å². The first-order chi connectivity index (χ1) is 9.38. The van der Waals surface area contributed by atoms with Gasteiger partial charge < -0.3 is 15.3 Å². The number of aryl methyl sites for hydroxylation is 1. The molecule has 0 spiro atoms. The molecule has 6 heteroatoms. The summed E-state index contributed by atoms with van der Waals surface area (Å²) in [6, 6.07) is 3.96. The zero-order chi connectivity index (χ0) is 14.9. The summed E-state index contributed by atoms with van der Waals surface area (Å²) in [5.74, 6) is -1.82. The lowest BCUT2D eigenvalue weighted by Gasteiger charge is -2.17. The van der Waals surface area contributed by atoms with E-state index in [1.807, 2.05) is 6.92 Å². The summed E-state index contributed by atoms with van der Waals surface area (Å²) in [6.45, 7) is 4.03. The first kappa shape index (κ1) is 14.3. The van der Waals surface area contributed by atoms with E-state index in [4.69, 9.17) is 5.11 Å². The van der Waals surface area contributed by atoms with Crippen molar-refractivity contribution < 1.29 is 19.1 Å². The SMILES string of the molecule is Cc1cc(NC(=O)N2C[C@@H](C)[C@H](C(=O)O)C2)ccc1F. The van der Waals surface area contributed by atoms with Gasteiger partial charge in [-0.25, -0.2) is 9.18 Å². The molecule has 1 heterocycles. The summed E-state index contributed by atoms with van der Waals surface area (Å²) in [4.78, 5) is 24.5. The quantitative estimate of drug-likeness (QED) is 0.873. The Hall–Kier alpha value is -2.11. The van der Waals surface area contributed by atoms with Crippen molar-refractivity contribution >= 4 is 17.7 Å². The maximum atomic E-state index is 13.1. The van der Waals surface area contributed by atoms with Crippen molar-refractivity contribution in [3.05, 3.63) is 29.6 Å². The molecule has 1 aromatic rings. The van der Waals surface area contributed by atoms with Crippen LogP contribution in [0.4, 0.5) is 14.9 Å². The maximum absolute atomic E-state index is 13.1. The second-order valence-corrected chi connectivity index (χ2v) is 5.22. The Kier molecular flexibility index (Phi) is 3.92. The minimum atomic E-state index is -0.884. The second kappa shape index (κ2) is 5.48. The first-order valence-electron chi connectivity index (χ1n) is 6.43. The molecule has 0 aromatic heterocycles. The van der Waals surface area contributed by atoms with Gasteiger partial charge in [0.2, 0.25) is 0 Å². The minimum Gasteiger partial charge on any atom is -0.481 e. The number of carboxylic acids is 1. The molecule has 1 fully saturated rings. The Morgan fingerprint density at radius 1 is 1.40 bits per heavy atom. The molecule has 0 radical (unpaired) electrons. The minimum absolute atomic E-state index is 0.0757. The Balaban J connectivity index is 2.02. The summed E-state index contributed by atoms with van der Waals surface area (Å²) >= 11 is 0. The number of urea groups is 1. The van der Waals surface area contributed by atoms with Crippen molar-refractivity contribution in [1.29, 1.82) is 0 Å². The zero-order valence-corrected chi connectivity index (χ0v) is 11.4. The first-order valence-corrected chi connectivity index (χ1v) is 6.43. The molecule has 5 nitrogen and oxygen atoms in total. The van der Waals surface area contributed by atoms with E-state index >= 15 is 0 Å². The maximum Gasteiger partial charge on any atom is 0.321 e. The largest absolute Gasteiger partial charge is 0.481 e. The third-order valence-electron chi connectivity index (χ3n) is 3.63. The molecule has 2 N–H and O–H groups in total. The van der Waals surface area contributed by atoms with Crippen LogP contribution in [0.3, 0.4) is 0 Å². The van der Waals surface area contributed by atoms with E-state index in [1.165, 1.54) is 17.0 Å². The van der Waals surface area contributed by atoms with Gasteiger partial charge in [0.15, 0.2) is 0 Å². The van der Waals surface area contributed by atoms with Crippen LogP contribution < -0.4 is 5.32 Å². The van der Waals surface area contributed by atoms with E-state index in [-0.39, 0.29) is 24.3 Å². The highest BCUT2D eigenvalue weighted by atomic mass is 19.1. The van der Waals surface area contributed by atoms with Crippen molar-refractivity contribution in [2.24, 2.45) is 11.8 Å². The number of amides is 2. The summed E-state index contributed by atoms with van der Waals surface area (Å²) < 4.78 is 13.1. The van der Waals surface area contributed by atoms with E-state index in [1.54, 1.807) is 13.0 Å². The van der Waals surface area contributed by atoms with Gasteiger partial charge in [0.1, 0.15) is 5.82 Å². The lowest BCUT2D eigenvalue weighted by atomic mass is 9.99. The Labute approximate surface area is 116 Å². The molecule has 0 saturated carbocycles. The predicted molar refractivity (Wildman–Crippen MR) is 72.0 cm³/mol. The molecule has 2 atom stereocenters. The number of nitrogens with zero attached hydrogens (tertiary/aromatic N) is 1. The van der Waals surface area contributed by atoms with Crippen LogP contribution in [0.1, 0.15) is 12.5 Å². The number of carbonyl (C=O) groups is 2. The van der Waals surface area contributed by atoms with E-state index in [9.17, 15) is 14.0 Å². The number of hydrogen-bond donors (Lipinski definition) is 2. The van der Waals surface area contributed by atoms with E-state index < -0.39 is 11.9 Å². The fraction of sp³-hybridized carbons (Fsp3) is 0.429. The van der Waals surface area contributed by atoms with Gasteiger partial charge in [-0.05, 0) is 36.6 Å². The summed E-state index contributed by atoms with van der Waals surface area (Å²) in [5.41, 5.74) is 0.946. The molecule has 1 aromatic carbocycles. The molecule has 0 unspecified atom stereocenters. The number of anilines is 1. The highest BCUT2D eigenvalue weighted by Gasteiger charge is 2.36. The zero-order valence-electron chi connectivity index (χ0n) is 11.4. The lowest BCUT2D eigenvalue weighted by molar-refractivity contribution is -0.142. The fourth-order valence-electron chi connectivity index (χ4n) is 2.38. The van der Waals surface area contributed by atoms with Gasteiger partial charge in [-0.2, -0.15) is 0 Å². The van der Waals surface area contributed by atoms with Gasteiger partial charge in [0, 0.05) is 18.8 Å². The standard InChI is InChI=1S/C14H17FN2O3/c1-8-5-10(3-4-12(8)15)16-14(20)17-6-9(2)11(7-17)13(18)19/h3-5,9,11H,6-7H2,1-2H3,(H,16,20)(H,18,19)/t9-,11-/m1/s1. The third-order valence-corrected chi connectivity index (χ3v) is 3.63. The van der Waals surface area contributed by atoms with Crippen molar-refractivity contribution in [2.45, 2.75) is 13.8 Å². The monoisotopic (exact) mass is 280 g/mol. The van der Waals surface area contributed by atoms with Gasteiger partial charge in [-0.1, -0.05) is 6.92 Å². The van der Waals surface area contributed by atoms with Crippen LogP contribution in [0.25, 0.3) is 0 Å². The number of nitrogens with one attached hydrogen (secondary N) is 1. The Morgan fingerprint density at radius 2 is 2.10 bits per heavy atom. The van der Waals surface area contributed by atoms with Gasteiger partial charge in [-0.3, -0.25) is 4.79 Å². The van der Waals surface area contributed by atoms with E-state index in [0.717, 1.165) is 0 Å². The van der Waals surface area contributed by atoms with E-state index in [2.05, 4.69) is 5.32 Å². The molecule has 2 amide bonds. The fourth-order valence-corrected chi connectivity index (χ4v) is 2.38. The highest BCUT2D eigenvalue weighted by Crippen LogP contribution is 2.24. The summed E-state index contributed by atoms with van der Waals surface area (Å²) in [6.07, 6.45) is 0. The molecule has 0 bridgehead atoms. The number of rotatable bonds is 2. The van der Waals surface area contributed by atoms with Crippen molar-refractivity contribution in [3.8, 4) is 0 Å². The topological polar surface area (TPSA) is 69.6 Å². The Morgan fingerprint density at radius 3 is 2.65 bits per heavy atom. The smallest absolute Gasteiger partial charge is 0.321 e. The number of carbonyl (C=O) groups excluding carboxylic acids is 1. The molecule has 2 rings (SSSR count). The predicted octanol–water partition coefficient (Wildman–Crippen LogP) is 2.32. The van der Waals surface area contributed by atoms with Gasteiger partial charge in [-0.15, -0.1) is 0 Å². The van der Waals surface area contributed by atoms with Crippen LogP contribution in [0, 0.1) is 24.6 Å². The number of carboxylic acid groups (broad SMARTS) is 1. The van der Waals surface area contributed by atoms with Gasteiger partial charge >= 0.3 is 12.0 Å². The Bertz CT molecular complexity index is 547. The van der Waals surface area contributed by atoms with Gasteiger partial charge in [0.05, 0.1) is 5.92 Å². The van der Waals surface area contributed by atoms with Crippen LogP contribution in [-0.2, 0) is 4.79 Å². The van der Waals surface area contributed by atoms with Crippen LogP contribution in [-0.4, -0.2) is 35.1 Å². The van der Waals surface area contributed by atoms with E-state index in [0.29, 0.717) is 17.8 Å². The molecular weight excluding hydrogens is 263 g/mol. The van der Waals surface area contributed by atoms with Crippen molar-refractivity contribution in [2.75, 3.05) is 18.4 Å². The molecule has 1 aliphatic heterocycles. The average molecular weight is 280 g/mol. The van der Waals surface area contributed by atoms with Crippen LogP contribution in [0.5, 0.6) is 0 Å². The third kappa shape index (κ3) is 2.89. The second-order valence-electron chi connectivity index (χ2n) is 5.22. The number of likely N-dealkylation sites (tertiary alicyclic amines) is 1. The molecule has 20 heavy (non-hydrogen) atoms. The number of aliphatic carboxylic acids is 1. The molecule has 1 aliphatic rings. The summed E-state index contributed by atoms with van der Waals surface area (Å²) in [5, 5.41) is 11.7. The van der Waals surface area contributed by atoms with Crippen LogP contribution in [0.15, 0.2) is 18.2 Å². The molecule has 108 valence electrons. The van der Waals surface area contributed by atoms with Crippen molar-refractivity contribution in [1.82, 2.24) is 4.90 Å². The van der Waals surface area contributed by atoms with Crippen molar-refractivity contribution in [3.63, 3.8) is 0 Å². The highest BCUT2D eigenvalue weighted by molar-refractivity contribution is 5.90. The van der Waals surface area contributed by atoms with Gasteiger partial charge in [0.25, 0.3) is 0 Å². The molecular formula is C14H17FN2O3. The average Bonchev–Trinajstić information content (AvgIpc) is 2.76. The summed E-state index contributed by atoms with van der Waals surface area (Å²) in [7, 11) is 0. The number of hydrogen-bond acceptors (Lipinski definition) is 2. The normalized spacial score (nSPS) is 21.9. The number of benzene rings is 1. The number of halogens is 1.